The number of nitrogens with one attached hydrogen (secondary N) is 1. The molecule has 24 heavy (non-hydrogen) atoms. The van der Waals surface area contributed by atoms with Crippen LogP contribution in [0.3, 0.4) is 0 Å². The van der Waals surface area contributed by atoms with Gasteiger partial charge in [0.1, 0.15) is 5.69 Å². The van der Waals surface area contributed by atoms with Crippen molar-refractivity contribution in [3.05, 3.63) is 52.8 Å². The van der Waals surface area contributed by atoms with Gasteiger partial charge in [0, 0.05) is 31.4 Å². The van der Waals surface area contributed by atoms with Crippen LogP contribution in [0.15, 0.2) is 36.5 Å². The SMILES string of the molecule is CN(Cc1ccc(Cl)cc1)C(=O)c1ccn(C2CCCNC2)n1.Cl. The van der Waals surface area contributed by atoms with E-state index in [0.717, 1.165) is 31.5 Å². The van der Waals surface area contributed by atoms with Crippen LogP contribution < -0.4 is 5.32 Å². The number of hydrogen-bond acceptors (Lipinski definition) is 3. The van der Waals surface area contributed by atoms with Gasteiger partial charge in [-0.2, -0.15) is 5.10 Å². The van der Waals surface area contributed by atoms with E-state index in [1.807, 2.05) is 35.1 Å². The molecule has 1 atom stereocenters. The molecule has 1 unspecified atom stereocenters. The molecule has 1 fully saturated rings. The summed E-state index contributed by atoms with van der Waals surface area (Å²) in [6, 6.07) is 9.67. The minimum atomic E-state index is -0.0672. The predicted octanol–water partition coefficient (Wildman–Crippen LogP) is 3.16. The predicted molar refractivity (Wildman–Crippen MR) is 97.9 cm³/mol. The molecule has 130 valence electrons. The highest BCUT2D eigenvalue weighted by atomic mass is 35.5. The number of rotatable bonds is 4. The summed E-state index contributed by atoms with van der Waals surface area (Å²) >= 11 is 5.88. The highest BCUT2D eigenvalue weighted by molar-refractivity contribution is 6.30. The maximum Gasteiger partial charge on any atom is 0.274 e. The Bertz CT molecular complexity index is 665. The average molecular weight is 369 g/mol. The van der Waals surface area contributed by atoms with Gasteiger partial charge in [0.15, 0.2) is 0 Å². The van der Waals surface area contributed by atoms with Gasteiger partial charge >= 0.3 is 0 Å². The van der Waals surface area contributed by atoms with E-state index in [2.05, 4.69) is 10.4 Å². The first-order valence-corrected chi connectivity index (χ1v) is 8.27. The molecule has 2 aromatic rings. The fraction of sp³-hybridized carbons (Fsp3) is 0.412. The Balaban J connectivity index is 0.00000208. The summed E-state index contributed by atoms with van der Waals surface area (Å²) in [5.74, 6) is -0.0672. The van der Waals surface area contributed by atoms with Gasteiger partial charge in [0.25, 0.3) is 5.91 Å². The number of halogens is 2. The lowest BCUT2D eigenvalue weighted by molar-refractivity contribution is 0.0778. The van der Waals surface area contributed by atoms with Crippen molar-refractivity contribution in [3.8, 4) is 0 Å². The third-order valence-electron chi connectivity index (χ3n) is 4.15. The van der Waals surface area contributed by atoms with Crippen molar-refractivity contribution in [3.63, 3.8) is 0 Å². The van der Waals surface area contributed by atoms with Gasteiger partial charge in [-0.1, -0.05) is 23.7 Å². The van der Waals surface area contributed by atoms with Gasteiger partial charge in [0.05, 0.1) is 6.04 Å². The molecule has 0 radical (unpaired) electrons. The van der Waals surface area contributed by atoms with Crippen LogP contribution in [0.4, 0.5) is 0 Å². The second-order valence-corrected chi connectivity index (χ2v) is 6.41. The van der Waals surface area contributed by atoms with Crippen molar-refractivity contribution in [1.29, 1.82) is 0 Å². The molecule has 1 aliphatic heterocycles. The number of carbonyl (C=O) groups excluding carboxylic acids is 1. The second kappa shape index (κ2) is 8.51. The number of nitrogens with zero attached hydrogens (tertiary/aromatic N) is 3. The van der Waals surface area contributed by atoms with Crippen molar-refractivity contribution in [1.82, 2.24) is 20.0 Å². The molecule has 0 bridgehead atoms. The Kier molecular flexibility index (Phi) is 6.66. The summed E-state index contributed by atoms with van der Waals surface area (Å²) in [6.45, 7) is 2.51. The number of hydrogen-bond donors (Lipinski definition) is 1. The summed E-state index contributed by atoms with van der Waals surface area (Å²) in [6.07, 6.45) is 4.15. The number of carbonyl (C=O) groups is 1. The molecule has 1 aromatic heterocycles. The molecule has 1 N–H and O–H groups in total. The maximum atomic E-state index is 12.5. The molecular formula is C17H22Cl2N4O. The monoisotopic (exact) mass is 368 g/mol. The quantitative estimate of drug-likeness (QED) is 0.901. The summed E-state index contributed by atoms with van der Waals surface area (Å²) in [7, 11) is 1.79. The first-order chi connectivity index (χ1) is 11.1. The highest BCUT2D eigenvalue weighted by Crippen LogP contribution is 2.17. The molecule has 2 heterocycles. The zero-order valence-electron chi connectivity index (χ0n) is 13.6. The third-order valence-corrected chi connectivity index (χ3v) is 4.40. The fourth-order valence-corrected chi connectivity index (χ4v) is 2.97. The normalized spacial score (nSPS) is 17.2. The Morgan fingerprint density at radius 2 is 2.12 bits per heavy atom. The van der Waals surface area contributed by atoms with Crippen LogP contribution >= 0.6 is 24.0 Å². The van der Waals surface area contributed by atoms with E-state index in [1.54, 1.807) is 18.0 Å². The van der Waals surface area contributed by atoms with Gasteiger partial charge in [-0.25, -0.2) is 0 Å². The lowest BCUT2D eigenvalue weighted by Crippen LogP contribution is -2.32. The topological polar surface area (TPSA) is 50.2 Å². The first kappa shape index (κ1) is 18.8. The fourth-order valence-electron chi connectivity index (χ4n) is 2.85. The van der Waals surface area contributed by atoms with Gasteiger partial charge in [-0.3, -0.25) is 9.48 Å². The smallest absolute Gasteiger partial charge is 0.274 e. The Hall–Kier alpha value is -1.56. The van der Waals surface area contributed by atoms with Crippen molar-refractivity contribution in [2.45, 2.75) is 25.4 Å². The lowest BCUT2D eigenvalue weighted by Gasteiger charge is -2.23. The van der Waals surface area contributed by atoms with Crippen LogP contribution in [0.1, 0.15) is 34.9 Å². The van der Waals surface area contributed by atoms with Gasteiger partial charge < -0.3 is 10.2 Å². The summed E-state index contributed by atoms with van der Waals surface area (Å²) < 4.78 is 1.91. The number of amides is 1. The first-order valence-electron chi connectivity index (χ1n) is 7.89. The number of piperidine rings is 1. The highest BCUT2D eigenvalue weighted by Gasteiger charge is 2.19. The minimum absolute atomic E-state index is 0. The van der Waals surface area contributed by atoms with Crippen LogP contribution in [0.5, 0.6) is 0 Å². The summed E-state index contributed by atoms with van der Waals surface area (Å²) in [5, 5.41) is 8.54. The van der Waals surface area contributed by atoms with E-state index in [9.17, 15) is 4.79 Å². The van der Waals surface area contributed by atoms with Crippen molar-refractivity contribution >= 4 is 29.9 Å². The van der Waals surface area contributed by atoms with Crippen molar-refractivity contribution in [2.75, 3.05) is 20.1 Å². The Morgan fingerprint density at radius 3 is 2.79 bits per heavy atom. The van der Waals surface area contributed by atoms with E-state index < -0.39 is 0 Å². The van der Waals surface area contributed by atoms with E-state index in [4.69, 9.17) is 11.6 Å². The molecule has 0 saturated carbocycles. The molecule has 0 spiro atoms. The average Bonchev–Trinajstić information content (AvgIpc) is 3.07. The van der Waals surface area contributed by atoms with E-state index >= 15 is 0 Å². The minimum Gasteiger partial charge on any atom is -0.336 e. The molecule has 1 saturated heterocycles. The number of aromatic nitrogens is 2. The Morgan fingerprint density at radius 1 is 1.38 bits per heavy atom. The van der Waals surface area contributed by atoms with E-state index in [-0.39, 0.29) is 18.3 Å². The summed E-state index contributed by atoms with van der Waals surface area (Å²) in [4.78, 5) is 14.2. The molecule has 1 aromatic carbocycles. The van der Waals surface area contributed by atoms with Crippen LogP contribution in [-0.4, -0.2) is 40.7 Å². The van der Waals surface area contributed by atoms with Gasteiger partial charge in [0.2, 0.25) is 0 Å². The van der Waals surface area contributed by atoms with Crippen molar-refractivity contribution in [2.24, 2.45) is 0 Å². The van der Waals surface area contributed by atoms with E-state index in [1.165, 1.54) is 0 Å². The largest absolute Gasteiger partial charge is 0.336 e. The molecule has 0 aliphatic carbocycles. The molecule has 5 nitrogen and oxygen atoms in total. The molecular weight excluding hydrogens is 347 g/mol. The standard InChI is InChI=1S/C17H21ClN4O.ClH/c1-21(12-13-4-6-14(18)7-5-13)17(23)16-8-10-22(20-16)15-3-2-9-19-11-15;/h4-8,10,15,19H,2-3,9,11-12H2,1H3;1H. The van der Waals surface area contributed by atoms with Crippen LogP contribution in [0.2, 0.25) is 5.02 Å². The lowest BCUT2D eigenvalue weighted by atomic mass is 10.1. The zero-order valence-corrected chi connectivity index (χ0v) is 15.2. The molecule has 7 heteroatoms. The maximum absolute atomic E-state index is 12.5. The van der Waals surface area contributed by atoms with Gasteiger partial charge in [-0.05, 0) is 43.1 Å². The molecule has 3 rings (SSSR count). The van der Waals surface area contributed by atoms with Crippen LogP contribution in [0.25, 0.3) is 0 Å². The number of benzene rings is 1. The molecule has 1 aliphatic rings. The zero-order chi connectivity index (χ0) is 16.2. The van der Waals surface area contributed by atoms with Crippen LogP contribution in [0, 0.1) is 0 Å². The Labute approximate surface area is 153 Å². The van der Waals surface area contributed by atoms with Crippen molar-refractivity contribution < 1.29 is 4.79 Å². The van der Waals surface area contributed by atoms with E-state index in [0.29, 0.717) is 23.3 Å². The molecule has 1 amide bonds. The third kappa shape index (κ3) is 4.50. The second-order valence-electron chi connectivity index (χ2n) is 5.97. The van der Waals surface area contributed by atoms with Crippen LogP contribution in [-0.2, 0) is 6.54 Å². The summed E-state index contributed by atoms with van der Waals surface area (Å²) in [5.41, 5.74) is 1.54. The van der Waals surface area contributed by atoms with Gasteiger partial charge in [-0.15, -0.1) is 12.4 Å².